The van der Waals surface area contributed by atoms with E-state index in [1.807, 2.05) is 32.9 Å². The molecule has 0 bridgehead atoms. The van der Waals surface area contributed by atoms with E-state index in [4.69, 9.17) is 9.47 Å². The fourth-order valence-electron chi connectivity index (χ4n) is 1.76. The van der Waals surface area contributed by atoms with Crippen molar-refractivity contribution in [2.75, 3.05) is 18.5 Å². The minimum absolute atomic E-state index is 0.102. The van der Waals surface area contributed by atoms with Crippen LogP contribution in [0.3, 0.4) is 0 Å². The van der Waals surface area contributed by atoms with Crippen LogP contribution in [0.5, 0.6) is 11.5 Å². The number of aromatic amines is 1. The molecule has 1 amide bonds. The van der Waals surface area contributed by atoms with Crippen LogP contribution in [0.15, 0.2) is 24.3 Å². The molecule has 0 atom stereocenters. The molecule has 1 heterocycles. The molecule has 0 spiro atoms. The number of aromatic nitrogens is 2. The number of hydrogen-bond acceptors (Lipinski definition) is 4. The van der Waals surface area contributed by atoms with Gasteiger partial charge in [-0.05, 0) is 32.9 Å². The highest BCUT2D eigenvalue weighted by molar-refractivity contribution is 5.91. The van der Waals surface area contributed by atoms with Crippen LogP contribution in [-0.4, -0.2) is 29.3 Å². The molecule has 0 saturated carbocycles. The number of amides is 1. The van der Waals surface area contributed by atoms with Gasteiger partial charge in [-0.25, -0.2) is 0 Å². The quantitative estimate of drug-likeness (QED) is 0.856. The Morgan fingerprint density at radius 2 is 1.90 bits per heavy atom. The summed E-state index contributed by atoms with van der Waals surface area (Å²) in [6.07, 6.45) is 0. The third-order valence-electron chi connectivity index (χ3n) is 3.02. The van der Waals surface area contributed by atoms with Gasteiger partial charge >= 0.3 is 0 Å². The van der Waals surface area contributed by atoms with Crippen molar-refractivity contribution in [1.82, 2.24) is 10.2 Å². The number of nitrogens with one attached hydrogen (secondary N) is 2. The van der Waals surface area contributed by atoms with Gasteiger partial charge in [0.25, 0.3) is 5.91 Å². The Morgan fingerprint density at radius 3 is 2.48 bits per heavy atom. The van der Waals surface area contributed by atoms with E-state index >= 15 is 0 Å². The van der Waals surface area contributed by atoms with Crippen LogP contribution in [0.4, 0.5) is 5.82 Å². The number of anilines is 1. The monoisotopic (exact) mass is 289 g/mol. The minimum atomic E-state index is -0.268. The van der Waals surface area contributed by atoms with Crippen molar-refractivity contribution in [3.8, 4) is 11.5 Å². The normalized spacial score (nSPS) is 10.2. The van der Waals surface area contributed by atoms with Gasteiger partial charge in [0.2, 0.25) is 0 Å². The first-order chi connectivity index (χ1) is 10.1. The largest absolute Gasteiger partial charge is 0.490 e. The molecule has 6 nitrogen and oxygen atoms in total. The second-order valence-electron chi connectivity index (χ2n) is 4.54. The Hall–Kier alpha value is -2.50. The van der Waals surface area contributed by atoms with Gasteiger partial charge in [0.05, 0.1) is 6.61 Å². The topological polar surface area (TPSA) is 76.2 Å². The molecule has 0 unspecified atom stereocenters. The van der Waals surface area contributed by atoms with E-state index in [0.717, 1.165) is 11.3 Å². The molecule has 6 heteroatoms. The summed E-state index contributed by atoms with van der Waals surface area (Å²) in [5.74, 6) is 1.43. The lowest BCUT2D eigenvalue weighted by Gasteiger charge is -2.11. The fourth-order valence-corrected chi connectivity index (χ4v) is 1.76. The molecule has 21 heavy (non-hydrogen) atoms. The summed E-state index contributed by atoms with van der Waals surface area (Å²) in [6.45, 7) is 6.12. The average Bonchev–Trinajstić information content (AvgIpc) is 2.79. The van der Waals surface area contributed by atoms with Gasteiger partial charge in [-0.15, -0.1) is 0 Å². The zero-order valence-corrected chi connectivity index (χ0v) is 12.4. The van der Waals surface area contributed by atoms with Crippen LogP contribution in [0, 0.1) is 13.8 Å². The first-order valence-corrected chi connectivity index (χ1v) is 6.77. The third kappa shape index (κ3) is 3.75. The predicted octanol–water partition coefficient (Wildman–Crippen LogP) is 2.44. The van der Waals surface area contributed by atoms with Crippen LogP contribution in [0.1, 0.15) is 18.2 Å². The summed E-state index contributed by atoms with van der Waals surface area (Å²) in [5.41, 5.74) is 1.84. The number of hydrogen-bond donors (Lipinski definition) is 2. The SMILES string of the molecule is CCOc1ccccc1OCC(=O)Nc1n[nH]c(C)c1C. The summed E-state index contributed by atoms with van der Waals surface area (Å²) >= 11 is 0. The number of H-pyrrole nitrogens is 1. The van der Waals surface area contributed by atoms with Crippen molar-refractivity contribution in [2.24, 2.45) is 0 Å². The maximum absolute atomic E-state index is 11.9. The molecule has 0 aliphatic carbocycles. The molecule has 0 fully saturated rings. The third-order valence-corrected chi connectivity index (χ3v) is 3.02. The lowest BCUT2D eigenvalue weighted by atomic mass is 10.3. The number of benzene rings is 1. The fraction of sp³-hybridized carbons (Fsp3) is 0.333. The van der Waals surface area contributed by atoms with Gasteiger partial charge in [0.1, 0.15) is 0 Å². The molecule has 2 N–H and O–H groups in total. The molecular weight excluding hydrogens is 270 g/mol. The Morgan fingerprint density at radius 1 is 1.24 bits per heavy atom. The molecule has 0 radical (unpaired) electrons. The number of para-hydroxylation sites is 2. The van der Waals surface area contributed by atoms with Crippen molar-refractivity contribution in [1.29, 1.82) is 0 Å². The van der Waals surface area contributed by atoms with E-state index in [-0.39, 0.29) is 12.5 Å². The van der Waals surface area contributed by atoms with Crippen LogP contribution in [-0.2, 0) is 4.79 Å². The number of aryl methyl sites for hydroxylation is 1. The summed E-state index contributed by atoms with van der Waals surface area (Å²) < 4.78 is 10.9. The minimum Gasteiger partial charge on any atom is -0.490 e. The van der Waals surface area contributed by atoms with Crippen molar-refractivity contribution >= 4 is 11.7 Å². The lowest BCUT2D eigenvalue weighted by Crippen LogP contribution is -2.21. The number of ether oxygens (including phenoxy) is 2. The molecular formula is C15H19N3O3. The summed E-state index contributed by atoms with van der Waals surface area (Å²) in [7, 11) is 0. The second kappa shape index (κ2) is 6.78. The molecule has 2 aromatic rings. The molecule has 0 aliphatic rings. The van der Waals surface area contributed by atoms with Crippen LogP contribution < -0.4 is 14.8 Å². The van der Waals surface area contributed by atoms with Gasteiger partial charge in [0.15, 0.2) is 23.9 Å². The Labute approximate surface area is 123 Å². The summed E-state index contributed by atoms with van der Waals surface area (Å²) in [4.78, 5) is 11.9. The van der Waals surface area contributed by atoms with Gasteiger partial charge in [0, 0.05) is 11.3 Å². The number of nitrogens with zero attached hydrogens (tertiary/aromatic N) is 1. The van der Waals surface area contributed by atoms with E-state index < -0.39 is 0 Å². The summed E-state index contributed by atoms with van der Waals surface area (Å²) in [6, 6.07) is 7.25. The molecule has 112 valence electrons. The van der Waals surface area contributed by atoms with E-state index in [1.54, 1.807) is 12.1 Å². The lowest BCUT2D eigenvalue weighted by molar-refractivity contribution is -0.118. The molecule has 1 aromatic heterocycles. The first kappa shape index (κ1) is 14.9. The van der Waals surface area contributed by atoms with E-state index in [1.165, 1.54) is 0 Å². The zero-order valence-electron chi connectivity index (χ0n) is 12.4. The van der Waals surface area contributed by atoms with Crippen molar-refractivity contribution in [2.45, 2.75) is 20.8 Å². The number of carbonyl (C=O) groups excluding carboxylic acids is 1. The highest BCUT2D eigenvalue weighted by Gasteiger charge is 2.11. The molecule has 1 aromatic carbocycles. The molecule has 0 saturated heterocycles. The van der Waals surface area contributed by atoms with E-state index in [2.05, 4.69) is 15.5 Å². The summed E-state index contributed by atoms with van der Waals surface area (Å²) in [5, 5.41) is 9.54. The van der Waals surface area contributed by atoms with Gasteiger partial charge in [-0.2, -0.15) is 5.10 Å². The molecule has 2 rings (SSSR count). The number of carbonyl (C=O) groups is 1. The van der Waals surface area contributed by atoms with E-state index in [0.29, 0.717) is 23.9 Å². The second-order valence-corrected chi connectivity index (χ2v) is 4.54. The Bertz CT molecular complexity index is 622. The van der Waals surface area contributed by atoms with E-state index in [9.17, 15) is 4.79 Å². The smallest absolute Gasteiger partial charge is 0.263 e. The van der Waals surface area contributed by atoms with Crippen LogP contribution >= 0.6 is 0 Å². The number of rotatable bonds is 6. The van der Waals surface area contributed by atoms with Crippen LogP contribution in [0.25, 0.3) is 0 Å². The average molecular weight is 289 g/mol. The highest BCUT2D eigenvalue weighted by atomic mass is 16.5. The zero-order chi connectivity index (χ0) is 15.2. The van der Waals surface area contributed by atoms with Gasteiger partial charge in [-0.1, -0.05) is 12.1 Å². The van der Waals surface area contributed by atoms with Gasteiger partial charge in [-0.3, -0.25) is 9.89 Å². The first-order valence-electron chi connectivity index (χ1n) is 6.77. The Balaban J connectivity index is 1.94. The van der Waals surface area contributed by atoms with Crippen molar-refractivity contribution < 1.29 is 14.3 Å². The van der Waals surface area contributed by atoms with Gasteiger partial charge < -0.3 is 14.8 Å². The standard InChI is InChI=1S/C15H19N3O3/c1-4-20-12-7-5-6-8-13(12)21-9-14(19)16-15-10(2)11(3)17-18-15/h5-8H,4,9H2,1-3H3,(H2,16,17,18,19). The Kier molecular flexibility index (Phi) is 4.81. The predicted molar refractivity (Wildman–Crippen MR) is 79.8 cm³/mol. The van der Waals surface area contributed by atoms with Crippen molar-refractivity contribution in [3.63, 3.8) is 0 Å². The highest BCUT2D eigenvalue weighted by Crippen LogP contribution is 2.26. The maximum atomic E-state index is 11.9. The maximum Gasteiger partial charge on any atom is 0.263 e. The molecule has 0 aliphatic heterocycles. The van der Waals surface area contributed by atoms with Crippen LogP contribution in [0.2, 0.25) is 0 Å². The van der Waals surface area contributed by atoms with Crippen molar-refractivity contribution in [3.05, 3.63) is 35.5 Å².